The van der Waals surface area contributed by atoms with Gasteiger partial charge in [0, 0.05) is 0 Å². The van der Waals surface area contributed by atoms with Crippen molar-refractivity contribution < 1.29 is 9.45 Å². The van der Waals surface area contributed by atoms with Crippen LogP contribution in [0.25, 0.3) is 0 Å². The predicted molar refractivity (Wildman–Crippen MR) is 43.0 cm³/mol. The Labute approximate surface area is 63.1 Å². The zero-order chi connectivity index (χ0) is 8.20. The molecular weight excluding hydrogens is 126 g/mol. The first kappa shape index (κ1) is 9.60. The summed E-state index contributed by atoms with van der Waals surface area (Å²) in [6.45, 7) is 9.33. The molecule has 0 amide bonds. The standard InChI is InChI=1S/C6H12B2O2/c1-5(9)10-8-7-6(2,3)4/h1-4H3. The first-order chi connectivity index (χ1) is 4.42. The molecule has 0 bridgehead atoms. The van der Waals surface area contributed by atoms with Crippen LogP contribution in [0, 0.1) is 0 Å². The second kappa shape index (κ2) is 3.69. The van der Waals surface area contributed by atoms with E-state index in [2.05, 4.69) is 4.65 Å². The molecule has 0 rings (SSSR count). The summed E-state index contributed by atoms with van der Waals surface area (Å²) in [6, 6.07) is 0. The molecular formula is C6H12B2O2. The fourth-order valence-electron chi connectivity index (χ4n) is 0.334. The predicted octanol–water partition coefficient (Wildman–Crippen LogP) is 1.01. The minimum absolute atomic E-state index is 0.0788. The van der Waals surface area contributed by atoms with Crippen LogP contribution < -0.4 is 0 Å². The van der Waals surface area contributed by atoms with Crippen molar-refractivity contribution in [2.75, 3.05) is 0 Å². The molecule has 0 N–H and O–H groups in total. The molecule has 0 aromatic rings. The van der Waals surface area contributed by atoms with Crippen molar-refractivity contribution >= 4 is 19.8 Å². The monoisotopic (exact) mass is 138 g/mol. The van der Waals surface area contributed by atoms with Crippen LogP contribution in [0.4, 0.5) is 0 Å². The van der Waals surface area contributed by atoms with Gasteiger partial charge in [-0.3, -0.25) is 0 Å². The third-order valence-corrected chi connectivity index (χ3v) is 0.802. The molecule has 0 aliphatic rings. The molecule has 0 heterocycles. The number of rotatable bonds is 1. The molecule has 10 heavy (non-hydrogen) atoms. The van der Waals surface area contributed by atoms with Crippen molar-refractivity contribution in [2.24, 2.45) is 0 Å². The van der Waals surface area contributed by atoms with Crippen molar-refractivity contribution in [2.45, 2.75) is 33.0 Å². The van der Waals surface area contributed by atoms with Gasteiger partial charge in [0.1, 0.15) is 0 Å². The van der Waals surface area contributed by atoms with Crippen LogP contribution in [-0.4, -0.2) is 19.8 Å². The number of hydrogen-bond donors (Lipinski definition) is 0. The summed E-state index contributed by atoms with van der Waals surface area (Å²) in [4.78, 5) is 10.3. The van der Waals surface area contributed by atoms with Crippen LogP contribution in [0.1, 0.15) is 27.7 Å². The van der Waals surface area contributed by atoms with Crippen LogP contribution in [0.3, 0.4) is 0 Å². The Morgan fingerprint density at radius 2 is 1.90 bits per heavy atom. The van der Waals surface area contributed by atoms with Crippen molar-refractivity contribution in [1.82, 2.24) is 0 Å². The van der Waals surface area contributed by atoms with Crippen molar-refractivity contribution in [3.05, 3.63) is 0 Å². The quantitative estimate of drug-likeness (QED) is 0.505. The van der Waals surface area contributed by atoms with Crippen molar-refractivity contribution in [3.63, 3.8) is 0 Å². The van der Waals surface area contributed by atoms with Gasteiger partial charge < -0.3 is 0 Å². The molecule has 0 aromatic carbocycles. The number of carbonyl (C=O) groups excluding carboxylic acids is 1. The molecule has 0 radical (unpaired) electrons. The zero-order valence-electron chi connectivity index (χ0n) is 6.97. The Morgan fingerprint density at radius 3 is 2.20 bits per heavy atom. The van der Waals surface area contributed by atoms with Gasteiger partial charge in [-0.15, -0.1) is 0 Å². The van der Waals surface area contributed by atoms with Gasteiger partial charge in [-0.05, 0) is 0 Å². The van der Waals surface area contributed by atoms with E-state index < -0.39 is 0 Å². The summed E-state index contributed by atoms with van der Waals surface area (Å²) >= 11 is 0. The van der Waals surface area contributed by atoms with Gasteiger partial charge in [0.25, 0.3) is 0 Å². The average Bonchev–Trinajstić information content (AvgIpc) is 1.59. The normalized spacial score (nSPS) is 10.4. The van der Waals surface area contributed by atoms with E-state index in [0.717, 1.165) is 0 Å². The molecule has 0 aromatic heterocycles. The van der Waals surface area contributed by atoms with E-state index in [9.17, 15) is 4.79 Å². The second-order valence-electron chi connectivity index (χ2n) is 3.28. The van der Waals surface area contributed by atoms with Gasteiger partial charge >= 0.3 is 62.2 Å². The molecule has 0 saturated carbocycles. The molecule has 0 saturated heterocycles. The Morgan fingerprint density at radius 1 is 1.40 bits per heavy atom. The molecule has 54 valence electrons. The van der Waals surface area contributed by atoms with E-state index in [1.165, 1.54) is 13.9 Å². The fourth-order valence-corrected chi connectivity index (χ4v) is 0.334. The van der Waals surface area contributed by atoms with E-state index in [0.29, 0.717) is 0 Å². The Balaban J connectivity index is 3.67. The Kier molecular flexibility index (Phi) is 3.54. The van der Waals surface area contributed by atoms with Gasteiger partial charge in [-0.25, -0.2) is 0 Å². The number of carbonyl (C=O) groups is 1. The summed E-state index contributed by atoms with van der Waals surface area (Å²) in [7, 11) is 1.43. The average molecular weight is 138 g/mol. The molecule has 2 nitrogen and oxygen atoms in total. The van der Waals surface area contributed by atoms with E-state index in [-0.39, 0.29) is 11.3 Å². The van der Waals surface area contributed by atoms with Gasteiger partial charge in [0.2, 0.25) is 0 Å². The van der Waals surface area contributed by atoms with Gasteiger partial charge in [0.15, 0.2) is 0 Å². The third-order valence-electron chi connectivity index (χ3n) is 0.802. The van der Waals surface area contributed by atoms with Crippen molar-refractivity contribution in [3.8, 4) is 0 Å². The van der Waals surface area contributed by atoms with E-state index in [1.807, 2.05) is 27.6 Å². The first-order valence-electron chi connectivity index (χ1n) is 3.27. The second-order valence-corrected chi connectivity index (χ2v) is 3.28. The van der Waals surface area contributed by atoms with E-state index in [1.54, 1.807) is 0 Å². The van der Waals surface area contributed by atoms with Crippen LogP contribution in [0.5, 0.6) is 0 Å². The maximum atomic E-state index is 10.3. The summed E-state index contributed by atoms with van der Waals surface area (Å²) in [5, 5.41) is 0.0788. The summed E-state index contributed by atoms with van der Waals surface area (Å²) < 4.78 is 4.60. The summed E-state index contributed by atoms with van der Waals surface area (Å²) in [5.41, 5.74) is 0. The summed E-state index contributed by atoms with van der Waals surface area (Å²) in [5.74, 6) is -0.277. The fraction of sp³-hybridized carbons (Fsp3) is 0.833. The van der Waals surface area contributed by atoms with E-state index in [4.69, 9.17) is 0 Å². The van der Waals surface area contributed by atoms with Crippen LogP contribution in [0.15, 0.2) is 0 Å². The first-order valence-corrected chi connectivity index (χ1v) is 3.27. The van der Waals surface area contributed by atoms with E-state index >= 15 is 0 Å². The Hall–Kier alpha value is -0.400. The van der Waals surface area contributed by atoms with Gasteiger partial charge in [-0.1, -0.05) is 0 Å². The summed E-state index contributed by atoms with van der Waals surface area (Å²) in [6.07, 6.45) is 0. The zero-order valence-corrected chi connectivity index (χ0v) is 6.97. The van der Waals surface area contributed by atoms with Gasteiger partial charge in [-0.2, -0.15) is 0 Å². The van der Waals surface area contributed by atoms with Crippen molar-refractivity contribution in [1.29, 1.82) is 0 Å². The number of hydrogen-bond acceptors (Lipinski definition) is 2. The molecule has 0 spiro atoms. The van der Waals surface area contributed by atoms with Crippen LogP contribution in [0.2, 0.25) is 5.31 Å². The van der Waals surface area contributed by atoms with Gasteiger partial charge in [0.05, 0.1) is 0 Å². The van der Waals surface area contributed by atoms with Crippen LogP contribution >= 0.6 is 0 Å². The minimum atomic E-state index is -0.277. The maximum absolute atomic E-state index is 10.3. The Bertz CT molecular complexity index is 146. The van der Waals surface area contributed by atoms with Crippen LogP contribution in [-0.2, 0) is 9.45 Å². The third kappa shape index (κ3) is 7.60. The molecule has 0 unspecified atom stereocenters. The SMILES string of the molecule is CC(=O)OB=BC(C)(C)C. The molecule has 0 aliphatic heterocycles. The molecule has 0 aliphatic carbocycles. The molecule has 0 atom stereocenters. The topological polar surface area (TPSA) is 26.3 Å². The molecule has 4 heteroatoms. The molecule has 0 fully saturated rings.